The zero-order valence-electron chi connectivity index (χ0n) is 22.4. The number of carbonyl (C=O) groups is 2. The Kier molecular flexibility index (Phi) is 8.47. The van der Waals surface area contributed by atoms with Gasteiger partial charge < -0.3 is 15.0 Å². The smallest absolute Gasteiger partial charge is 0.395 e. The van der Waals surface area contributed by atoms with E-state index in [2.05, 4.69) is 10.6 Å². The van der Waals surface area contributed by atoms with Crippen LogP contribution in [-0.2, 0) is 4.79 Å². The van der Waals surface area contributed by atoms with Crippen molar-refractivity contribution in [2.24, 2.45) is 11.3 Å². The van der Waals surface area contributed by atoms with E-state index in [4.69, 9.17) is 4.74 Å². The Bertz CT molecular complexity index is 1220. The minimum Gasteiger partial charge on any atom is -0.493 e. The van der Waals surface area contributed by atoms with Gasteiger partial charge in [-0.2, -0.15) is 13.2 Å². The molecule has 6 nitrogen and oxygen atoms in total. The fourth-order valence-electron chi connectivity index (χ4n) is 5.98. The van der Waals surface area contributed by atoms with E-state index in [-0.39, 0.29) is 36.4 Å². The Morgan fingerprint density at radius 1 is 1.02 bits per heavy atom. The fourth-order valence-corrected chi connectivity index (χ4v) is 5.98. The molecule has 0 aromatic heterocycles. The van der Waals surface area contributed by atoms with Crippen LogP contribution in [0.5, 0.6) is 5.75 Å². The van der Waals surface area contributed by atoms with E-state index in [1.54, 1.807) is 36.4 Å². The van der Waals surface area contributed by atoms with Gasteiger partial charge in [-0.3, -0.25) is 14.9 Å². The zero-order chi connectivity index (χ0) is 28.3. The first-order valence-electron chi connectivity index (χ1n) is 14.0. The molecular weight excluding hydrogens is 526 g/mol. The molecule has 0 bridgehead atoms. The molecule has 2 aromatic rings. The number of piperidine rings is 1. The normalized spacial score (nSPS) is 21.6. The topological polar surface area (TPSA) is 70.7 Å². The number of benzene rings is 2. The van der Waals surface area contributed by atoms with Crippen molar-refractivity contribution in [1.82, 2.24) is 15.5 Å². The van der Waals surface area contributed by atoms with E-state index in [1.807, 2.05) is 4.90 Å². The predicted molar refractivity (Wildman–Crippen MR) is 142 cm³/mol. The van der Waals surface area contributed by atoms with Crippen LogP contribution in [0.2, 0.25) is 0 Å². The van der Waals surface area contributed by atoms with E-state index in [0.29, 0.717) is 43.9 Å². The molecule has 3 fully saturated rings. The quantitative estimate of drug-likeness (QED) is 0.337. The molecule has 0 radical (unpaired) electrons. The number of rotatable bonds is 8. The number of ether oxygens (including phenoxy) is 1. The van der Waals surface area contributed by atoms with Crippen LogP contribution in [0.3, 0.4) is 0 Å². The minimum atomic E-state index is -4.16. The molecule has 40 heavy (non-hydrogen) atoms. The number of hydrogen-bond acceptors (Lipinski definition) is 5. The maximum absolute atomic E-state index is 15.2. The summed E-state index contributed by atoms with van der Waals surface area (Å²) in [5, 5.41) is 5.47. The average Bonchev–Trinajstić information content (AvgIpc) is 3.45. The van der Waals surface area contributed by atoms with Gasteiger partial charge in [0.15, 0.2) is 0 Å². The monoisotopic (exact) mass is 561 g/mol. The Balaban J connectivity index is 1.16. The molecule has 3 aliphatic rings. The molecule has 1 atom stereocenters. The maximum Gasteiger partial charge on any atom is 0.395 e. The molecule has 2 heterocycles. The number of nitrogens with zero attached hydrogens (tertiary/aromatic N) is 1. The Labute approximate surface area is 231 Å². The summed E-state index contributed by atoms with van der Waals surface area (Å²) < 4.78 is 61.6. The first kappa shape index (κ1) is 28.5. The van der Waals surface area contributed by atoms with Gasteiger partial charge in [-0.1, -0.05) is 24.6 Å². The van der Waals surface area contributed by atoms with Gasteiger partial charge in [0.1, 0.15) is 11.6 Å². The SMILES string of the molecule is O=C(NC(=O)[C@@H]1CCCN1)c1ccccc1-c1ccc(OCC2CCN(CC3(C(F)(F)F)CCC3)CC2)cc1F. The lowest BCUT2D eigenvalue weighted by molar-refractivity contribution is -0.256. The highest BCUT2D eigenvalue weighted by Gasteiger charge is 2.58. The van der Waals surface area contributed by atoms with Crippen molar-refractivity contribution in [3.8, 4) is 16.9 Å². The Morgan fingerprint density at radius 3 is 2.40 bits per heavy atom. The number of halogens is 4. The molecule has 216 valence electrons. The summed E-state index contributed by atoms with van der Waals surface area (Å²) >= 11 is 0. The number of alkyl halides is 3. The highest BCUT2D eigenvalue weighted by Crippen LogP contribution is 2.53. The van der Waals surface area contributed by atoms with E-state index >= 15 is 4.39 Å². The van der Waals surface area contributed by atoms with Crippen molar-refractivity contribution in [3.05, 3.63) is 53.8 Å². The van der Waals surface area contributed by atoms with Gasteiger partial charge in [0.05, 0.1) is 18.1 Å². The van der Waals surface area contributed by atoms with Gasteiger partial charge in [-0.05, 0) is 87.8 Å². The van der Waals surface area contributed by atoms with Crippen LogP contribution < -0.4 is 15.4 Å². The molecule has 1 aliphatic carbocycles. The fraction of sp³-hybridized carbons (Fsp3) is 0.533. The van der Waals surface area contributed by atoms with Gasteiger partial charge in [0, 0.05) is 23.7 Å². The van der Waals surface area contributed by atoms with Crippen molar-refractivity contribution in [2.45, 2.75) is 57.2 Å². The second kappa shape index (κ2) is 11.9. The highest BCUT2D eigenvalue weighted by molar-refractivity contribution is 6.09. The Morgan fingerprint density at radius 2 is 1.77 bits per heavy atom. The predicted octanol–water partition coefficient (Wildman–Crippen LogP) is 5.32. The molecular formula is C30H35F4N3O3. The van der Waals surface area contributed by atoms with Gasteiger partial charge in [-0.25, -0.2) is 4.39 Å². The van der Waals surface area contributed by atoms with Crippen molar-refractivity contribution in [3.63, 3.8) is 0 Å². The maximum atomic E-state index is 15.2. The minimum absolute atomic E-state index is 0.0713. The van der Waals surface area contributed by atoms with E-state index in [9.17, 15) is 22.8 Å². The van der Waals surface area contributed by atoms with Crippen molar-refractivity contribution >= 4 is 11.8 Å². The summed E-state index contributed by atoms with van der Waals surface area (Å²) in [6.45, 7) is 2.34. The molecule has 2 aromatic carbocycles. The second-order valence-corrected chi connectivity index (χ2v) is 11.3. The standard InChI is InChI=1S/C30H35F4N3O3/c31-25-17-21(40-18-20-10-15-37(16-11-20)19-29(12-4-13-29)30(32,33)34)8-9-23(25)22-5-1-2-6-24(22)27(38)36-28(39)26-7-3-14-35-26/h1-2,5-6,8-9,17,20,26,35H,3-4,7,10-16,18-19H2,(H,36,38,39)/t26-/m0/s1. The third kappa shape index (κ3) is 6.17. The molecule has 2 aliphatic heterocycles. The summed E-state index contributed by atoms with van der Waals surface area (Å²) in [6, 6.07) is 10.6. The number of imide groups is 1. The third-order valence-corrected chi connectivity index (χ3v) is 8.65. The molecule has 2 saturated heterocycles. The first-order valence-corrected chi connectivity index (χ1v) is 14.0. The lowest BCUT2D eigenvalue weighted by Crippen LogP contribution is -2.53. The largest absolute Gasteiger partial charge is 0.493 e. The van der Waals surface area contributed by atoms with Gasteiger partial charge in [-0.15, -0.1) is 0 Å². The molecule has 0 spiro atoms. The summed E-state index contributed by atoms with van der Waals surface area (Å²) in [5.74, 6) is -1.01. The molecule has 2 amide bonds. The number of amides is 2. The Hall–Kier alpha value is -2.98. The van der Waals surface area contributed by atoms with Crippen LogP contribution in [0.1, 0.15) is 55.3 Å². The lowest BCUT2D eigenvalue weighted by atomic mass is 9.67. The number of hydrogen-bond donors (Lipinski definition) is 2. The number of carbonyl (C=O) groups excluding carboxylic acids is 2. The summed E-state index contributed by atoms with van der Waals surface area (Å²) in [6.07, 6.45) is -0.109. The second-order valence-electron chi connectivity index (χ2n) is 11.3. The third-order valence-electron chi connectivity index (χ3n) is 8.65. The average molecular weight is 562 g/mol. The van der Waals surface area contributed by atoms with E-state index in [0.717, 1.165) is 25.8 Å². The van der Waals surface area contributed by atoms with E-state index < -0.39 is 35.3 Å². The van der Waals surface area contributed by atoms with Crippen LogP contribution in [0, 0.1) is 17.2 Å². The molecule has 10 heteroatoms. The van der Waals surface area contributed by atoms with Crippen molar-refractivity contribution in [2.75, 3.05) is 32.8 Å². The molecule has 0 unspecified atom stereocenters. The van der Waals surface area contributed by atoms with Gasteiger partial charge in [0.25, 0.3) is 5.91 Å². The van der Waals surface area contributed by atoms with Crippen LogP contribution >= 0.6 is 0 Å². The number of nitrogens with one attached hydrogen (secondary N) is 2. The van der Waals surface area contributed by atoms with Crippen LogP contribution in [0.25, 0.3) is 11.1 Å². The van der Waals surface area contributed by atoms with E-state index in [1.165, 1.54) is 6.07 Å². The van der Waals surface area contributed by atoms with Crippen molar-refractivity contribution in [1.29, 1.82) is 0 Å². The summed E-state index contributed by atoms with van der Waals surface area (Å²) in [4.78, 5) is 27.2. The first-order chi connectivity index (χ1) is 19.1. The van der Waals surface area contributed by atoms with Crippen LogP contribution in [-0.4, -0.2) is 61.7 Å². The highest BCUT2D eigenvalue weighted by atomic mass is 19.4. The molecule has 5 rings (SSSR count). The lowest BCUT2D eigenvalue weighted by Gasteiger charge is -2.47. The zero-order valence-corrected chi connectivity index (χ0v) is 22.4. The summed E-state index contributed by atoms with van der Waals surface area (Å²) in [5.41, 5.74) is -0.765. The van der Waals surface area contributed by atoms with Gasteiger partial charge in [0.2, 0.25) is 5.91 Å². The van der Waals surface area contributed by atoms with Crippen LogP contribution in [0.15, 0.2) is 42.5 Å². The summed E-state index contributed by atoms with van der Waals surface area (Å²) in [7, 11) is 0. The number of likely N-dealkylation sites (tertiary alicyclic amines) is 1. The van der Waals surface area contributed by atoms with Crippen molar-refractivity contribution < 1.29 is 31.9 Å². The molecule has 1 saturated carbocycles. The van der Waals surface area contributed by atoms with Crippen LogP contribution in [0.4, 0.5) is 17.6 Å². The molecule has 2 N–H and O–H groups in total. The van der Waals surface area contributed by atoms with Gasteiger partial charge >= 0.3 is 6.18 Å².